The van der Waals surface area contributed by atoms with Gasteiger partial charge in [0.25, 0.3) is 5.91 Å². The number of hydrogen-bond donors (Lipinski definition) is 1. The van der Waals surface area contributed by atoms with Crippen LogP contribution in [-0.4, -0.2) is 20.7 Å². The quantitative estimate of drug-likeness (QED) is 0.803. The molecule has 0 radical (unpaired) electrons. The maximum absolute atomic E-state index is 12.3. The number of hydrogen-bond acceptors (Lipinski definition) is 3. The first-order valence-corrected chi connectivity index (χ1v) is 7.04. The van der Waals surface area contributed by atoms with Gasteiger partial charge in [0, 0.05) is 6.20 Å². The van der Waals surface area contributed by atoms with Crippen molar-refractivity contribution >= 4 is 5.91 Å². The summed E-state index contributed by atoms with van der Waals surface area (Å²) < 4.78 is 1.76. The van der Waals surface area contributed by atoms with E-state index in [9.17, 15) is 4.79 Å². The Bertz CT molecular complexity index is 766. The van der Waals surface area contributed by atoms with Gasteiger partial charge in [-0.2, -0.15) is 5.10 Å². The lowest BCUT2D eigenvalue weighted by molar-refractivity contribution is 0.0950. The minimum absolute atomic E-state index is 0.148. The third kappa shape index (κ3) is 2.88. The fourth-order valence-electron chi connectivity index (χ4n) is 2.23. The van der Waals surface area contributed by atoms with Crippen molar-refractivity contribution in [2.24, 2.45) is 0 Å². The molecule has 0 unspecified atom stereocenters. The Morgan fingerprint density at radius 1 is 1.14 bits per heavy atom. The highest BCUT2D eigenvalue weighted by Gasteiger charge is 2.14. The molecule has 0 aliphatic heterocycles. The average Bonchev–Trinajstić information content (AvgIpc) is 2.96. The summed E-state index contributed by atoms with van der Waals surface area (Å²) in [5.41, 5.74) is 3.14. The lowest BCUT2D eigenvalue weighted by Gasteiger charge is -2.06. The first kappa shape index (κ1) is 14.0. The summed E-state index contributed by atoms with van der Waals surface area (Å²) in [6.45, 7) is 2.28. The van der Waals surface area contributed by atoms with E-state index in [-0.39, 0.29) is 5.91 Å². The van der Waals surface area contributed by atoms with Crippen LogP contribution in [0.3, 0.4) is 0 Å². The number of benzene rings is 1. The number of para-hydroxylation sites is 1. The van der Waals surface area contributed by atoms with Gasteiger partial charge in [-0.15, -0.1) is 0 Å². The molecule has 5 nitrogen and oxygen atoms in total. The molecule has 2 heterocycles. The molecule has 5 heteroatoms. The SMILES string of the molecule is Cc1c(C(=O)NCc2ccccn2)cnn1-c1ccccc1. The van der Waals surface area contributed by atoms with Crippen molar-refractivity contribution in [2.45, 2.75) is 13.5 Å². The predicted octanol–water partition coefficient (Wildman–Crippen LogP) is 2.51. The Hall–Kier alpha value is -2.95. The molecule has 3 aromatic rings. The lowest BCUT2D eigenvalue weighted by atomic mass is 10.2. The highest BCUT2D eigenvalue weighted by molar-refractivity contribution is 5.95. The number of nitrogens with zero attached hydrogens (tertiary/aromatic N) is 3. The molecule has 1 amide bonds. The molecule has 0 saturated carbocycles. The van der Waals surface area contributed by atoms with Crippen LogP contribution in [0.2, 0.25) is 0 Å². The number of amides is 1. The van der Waals surface area contributed by atoms with Gasteiger partial charge in [0.1, 0.15) is 0 Å². The van der Waals surface area contributed by atoms with E-state index in [0.29, 0.717) is 12.1 Å². The van der Waals surface area contributed by atoms with Crippen molar-refractivity contribution in [3.8, 4) is 5.69 Å². The van der Waals surface area contributed by atoms with E-state index >= 15 is 0 Å². The standard InChI is InChI=1S/C17H16N4O/c1-13-16(12-20-21(13)15-8-3-2-4-9-15)17(22)19-11-14-7-5-6-10-18-14/h2-10,12H,11H2,1H3,(H,19,22). The summed E-state index contributed by atoms with van der Waals surface area (Å²) in [7, 11) is 0. The molecule has 0 aliphatic carbocycles. The molecule has 0 spiro atoms. The van der Waals surface area contributed by atoms with E-state index in [1.807, 2.05) is 55.5 Å². The van der Waals surface area contributed by atoms with E-state index < -0.39 is 0 Å². The number of carbonyl (C=O) groups is 1. The molecule has 0 aliphatic rings. The Morgan fingerprint density at radius 3 is 2.64 bits per heavy atom. The average molecular weight is 292 g/mol. The van der Waals surface area contributed by atoms with E-state index in [1.165, 1.54) is 0 Å². The number of pyridine rings is 1. The maximum Gasteiger partial charge on any atom is 0.255 e. The van der Waals surface area contributed by atoms with Crippen molar-refractivity contribution in [3.05, 3.63) is 77.9 Å². The van der Waals surface area contributed by atoms with Crippen LogP contribution in [0.4, 0.5) is 0 Å². The van der Waals surface area contributed by atoms with Gasteiger partial charge >= 0.3 is 0 Å². The van der Waals surface area contributed by atoms with Crippen molar-refractivity contribution in [1.82, 2.24) is 20.1 Å². The van der Waals surface area contributed by atoms with E-state index in [2.05, 4.69) is 15.4 Å². The molecule has 110 valence electrons. The number of nitrogens with one attached hydrogen (secondary N) is 1. The normalized spacial score (nSPS) is 10.4. The molecule has 0 atom stereocenters. The van der Waals surface area contributed by atoms with Crippen LogP contribution in [0, 0.1) is 6.92 Å². The fraction of sp³-hybridized carbons (Fsp3) is 0.118. The van der Waals surface area contributed by atoms with Gasteiger partial charge in [0.05, 0.1) is 35.4 Å². The smallest absolute Gasteiger partial charge is 0.255 e. The zero-order valence-corrected chi connectivity index (χ0v) is 12.2. The Morgan fingerprint density at radius 2 is 1.91 bits per heavy atom. The summed E-state index contributed by atoms with van der Waals surface area (Å²) in [5, 5.41) is 7.17. The van der Waals surface area contributed by atoms with Crippen molar-refractivity contribution in [2.75, 3.05) is 0 Å². The monoisotopic (exact) mass is 292 g/mol. The summed E-state index contributed by atoms with van der Waals surface area (Å²) in [6, 6.07) is 15.4. The summed E-state index contributed by atoms with van der Waals surface area (Å²) in [5.74, 6) is -0.148. The maximum atomic E-state index is 12.3. The van der Waals surface area contributed by atoms with Crippen molar-refractivity contribution < 1.29 is 4.79 Å². The summed E-state index contributed by atoms with van der Waals surface area (Å²) in [6.07, 6.45) is 3.30. The molecule has 0 bridgehead atoms. The van der Waals surface area contributed by atoms with Gasteiger partial charge in [-0.25, -0.2) is 4.68 Å². The van der Waals surface area contributed by atoms with Crippen LogP contribution in [0.25, 0.3) is 5.69 Å². The Balaban J connectivity index is 1.75. The molecule has 0 saturated heterocycles. The molecule has 2 aromatic heterocycles. The highest BCUT2D eigenvalue weighted by atomic mass is 16.1. The van der Waals surface area contributed by atoms with E-state index in [1.54, 1.807) is 17.1 Å². The molecular formula is C17H16N4O. The lowest BCUT2D eigenvalue weighted by Crippen LogP contribution is -2.23. The third-order valence-electron chi connectivity index (χ3n) is 3.41. The van der Waals surface area contributed by atoms with Gasteiger partial charge in [-0.3, -0.25) is 9.78 Å². The summed E-state index contributed by atoms with van der Waals surface area (Å²) in [4.78, 5) is 16.5. The second kappa shape index (κ2) is 6.22. The predicted molar refractivity (Wildman–Crippen MR) is 83.7 cm³/mol. The van der Waals surface area contributed by atoms with Crippen LogP contribution in [0.5, 0.6) is 0 Å². The largest absolute Gasteiger partial charge is 0.346 e. The van der Waals surface area contributed by atoms with Crippen LogP contribution < -0.4 is 5.32 Å². The van der Waals surface area contributed by atoms with Crippen molar-refractivity contribution in [3.63, 3.8) is 0 Å². The third-order valence-corrected chi connectivity index (χ3v) is 3.41. The van der Waals surface area contributed by atoms with Gasteiger partial charge in [0.15, 0.2) is 0 Å². The first-order valence-electron chi connectivity index (χ1n) is 7.04. The molecule has 1 N–H and O–H groups in total. The van der Waals surface area contributed by atoms with E-state index in [0.717, 1.165) is 17.1 Å². The second-order valence-corrected chi connectivity index (χ2v) is 4.89. The van der Waals surface area contributed by atoms with Crippen LogP contribution in [0.15, 0.2) is 60.9 Å². The fourth-order valence-corrected chi connectivity index (χ4v) is 2.23. The van der Waals surface area contributed by atoms with Crippen LogP contribution in [0.1, 0.15) is 21.7 Å². The number of carbonyl (C=O) groups excluding carboxylic acids is 1. The Labute approximate surface area is 128 Å². The minimum Gasteiger partial charge on any atom is -0.346 e. The van der Waals surface area contributed by atoms with Gasteiger partial charge in [0.2, 0.25) is 0 Å². The molecular weight excluding hydrogens is 276 g/mol. The topological polar surface area (TPSA) is 59.8 Å². The second-order valence-electron chi connectivity index (χ2n) is 4.89. The molecule has 0 fully saturated rings. The first-order chi connectivity index (χ1) is 10.8. The van der Waals surface area contributed by atoms with Gasteiger partial charge < -0.3 is 5.32 Å². The molecule has 3 rings (SSSR count). The zero-order chi connectivity index (χ0) is 15.4. The number of aromatic nitrogens is 3. The van der Waals surface area contributed by atoms with Crippen LogP contribution in [-0.2, 0) is 6.54 Å². The van der Waals surface area contributed by atoms with E-state index in [4.69, 9.17) is 0 Å². The Kier molecular flexibility index (Phi) is 3.96. The number of rotatable bonds is 4. The summed E-state index contributed by atoms with van der Waals surface area (Å²) >= 11 is 0. The van der Waals surface area contributed by atoms with Gasteiger partial charge in [-0.05, 0) is 31.2 Å². The molecule has 22 heavy (non-hydrogen) atoms. The van der Waals surface area contributed by atoms with Gasteiger partial charge in [-0.1, -0.05) is 24.3 Å². The zero-order valence-electron chi connectivity index (χ0n) is 12.2. The molecule has 1 aromatic carbocycles. The highest BCUT2D eigenvalue weighted by Crippen LogP contribution is 2.13. The van der Waals surface area contributed by atoms with Crippen LogP contribution >= 0.6 is 0 Å². The minimum atomic E-state index is -0.148. The van der Waals surface area contributed by atoms with Crippen molar-refractivity contribution in [1.29, 1.82) is 0 Å².